The molecular formula is C15H14N6O3. The van der Waals surface area contributed by atoms with Crippen molar-refractivity contribution in [3.05, 3.63) is 46.8 Å². The number of rotatable bonds is 3. The highest BCUT2D eigenvalue weighted by molar-refractivity contribution is 5.93. The Kier molecular flexibility index (Phi) is 3.45. The van der Waals surface area contributed by atoms with Crippen molar-refractivity contribution in [1.82, 2.24) is 15.3 Å². The quantitative estimate of drug-likeness (QED) is 0.531. The van der Waals surface area contributed by atoms with Crippen molar-refractivity contribution < 1.29 is 9.55 Å². The van der Waals surface area contributed by atoms with Crippen molar-refractivity contribution in [2.45, 2.75) is 0 Å². The number of nitro benzene ring substituents is 1. The maximum atomic E-state index is 11.1. The van der Waals surface area contributed by atoms with Gasteiger partial charge in [-0.15, -0.1) is 0 Å². The highest BCUT2D eigenvalue weighted by Crippen LogP contribution is 2.32. The van der Waals surface area contributed by atoms with Gasteiger partial charge >= 0.3 is 5.69 Å². The van der Waals surface area contributed by atoms with E-state index in [0.29, 0.717) is 5.52 Å². The third kappa shape index (κ3) is 2.39. The van der Waals surface area contributed by atoms with Crippen molar-refractivity contribution in [2.75, 3.05) is 36.0 Å². The topological polar surface area (TPSA) is 101 Å². The molecule has 3 aromatic rings. The lowest BCUT2D eigenvalue weighted by atomic mass is 10.2. The van der Waals surface area contributed by atoms with Crippen LogP contribution in [0, 0.1) is 10.1 Å². The summed E-state index contributed by atoms with van der Waals surface area (Å²) in [6.07, 6.45) is 3.56. The van der Waals surface area contributed by atoms with E-state index in [1.165, 1.54) is 6.07 Å². The number of benzene rings is 1. The third-order valence-corrected chi connectivity index (χ3v) is 4.22. The van der Waals surface area contributed by atoms with Gasteiger partial charge in [-0.3, -0.25) is 15.1 Å². The van der Waals surface area contributed by atoms with Crippen LogP contribution in [0.1, 0.15) is 0 Å². The van der Waals surface area contributed by atoms with E-state index in [1.807, 2.05) is 12.1 Å². The molecule has 0 spiro atoms. The Balaban J connectivity index is 1.58. The summed E-state index contributed by atoms with van der Waals surface area (Å²) < 4.78 is 4.73. The van der Waals surface area contributed by atoms with Crippen LogP contribution >= 0.6 is 0 Å². The van der Waals surface area contributed by atoms with E-state index in [1.54, 1.807) is 18.5 Å². The van der Waals surface area contributed by atoms with Crippen molar-refractivity contribution in [1.29, 1.82) is 0 Å². The van der Waals surface area contributed by atoms with Crippen LogP contribution in [-0.4, -0.2) is 46.4 Å². The maximum absolute atomic E-state index is 11.1. The lowest BCUT2D eigenvalue weighted by Crippen LogP contribution is -2.46. The second-order valence-corrected chi connectivity index (χ2v) is 5.50. The zero-order valence-corrected chi connectivity index (χ0v) is 12.7. The molecule has 1 aliphatic heterocycles. The molecule has 0 unspecified atom stereocenters. The van der Waals surface area contributed by atoms with Crippen LogP contribution in [0.2, 0.25) is 0 Å². The zero-order valence-electron chi connectivity index (χ0n) is 12.7. The molecular weight excluding hydrogens is 312 g/mol. The molecule has 9 nitrogen and oxygen atoms in total. The molecule has 2 aromatic heterocycles. The number of nitrogens with zero attached hydrogens (tertiary/aromatic N) is 6. The Bertz CT molecular complexity index is 873. The molecule has 3 heterocycles. The number of hydrogen-bond donors (Lipinski definition) is 0. The fourth-order valence-electron chi connectivity index (χ4n) is 3.00. The number of pyridine rings is 1. The molecule has 1 saturated heterocycles. The van der Waals surface area contributed by atoms with E-state index in [0.717, 1.165) is 37.6 Å². The van der Waals surface area contributed by atoms with Gasteiger partial charge in [0.15, 0.2) is 5.52 Å². The standard InChI is InChI=1S/C15H14N6O3/c22-21(23)13-2-1-12(14-15(13)18-24-17-14)20-9-7-19(8-10-20)11-3-5-16-6-4-11/h1-6H,7-10H2. The molecule has 1 aromatic carbocycles. The van der Waals surface area contributed by atoms with Gasteiger partial charge in [-0.05, 0) is 28.5 Å². The normalized spacial score (nSPS) is 15.0. The number of fused-ring (bicyclic) bond motifs is 1. The molecule has 9 heteroatoms. The molecule has 1 aliphatic rings. The molecule has 1 fully saturated rings. The SMILES string of the molecule is O=[N+]([O-])c1ccc(N2CCN(c3ccncc3)CC2)c2nonc12. The van der Waals surface area contributed by atoms with Crippen LogP contribution in [-0.2, 0) is 0 Å². The summed E-state index contributed by atoms with van der Waals surface area (Å²) in [4.78, 5) is 19.1. The van der Waals surface area contributed by atoms with Gasteiger partial charge in [0.1, 0.15) is 0 Å². The minimum absolute atomic E-state index is 0.0922. The second-order valence-electron chi connectivity index (χ2n) is 5.50. The van der Waals surface area contributed by atoms with Crippen molar-refractivity contribution in [3.8, 4) is 0 Å². The fraction of sp³-hybridized carbons (Fsp3) is 0.267. The van der Waals surface area contributed by atoms with Gasteiger partial charge in [-0.2, -0.15) is 0 Å². The molecule has 122 valence electrons. The van der Waals surface area contributed by atoms with Gasteiger partial charge in [-0.25, -0.2) is 4.63 Å². The number of non-ortho nitro benzene ring substituents is 1. The predicted octanol–water partition coefficient (Wildman–Crippen LogP) is 1.85. The number of anilines is 2. The van der Waals surface area contributed by atoms with Crippen molar-refractivity contribution in [2.24, 2.45) is 0 Å². The van der Waals surface area contributed by atoms with Crippen LogP contribution in [0.4, 0.5) is 17.1 Å². The molecule has 0 amide bonds. The van der Waals surface area contributed by atoms with Gasteiger partial charge in [0.05, 0.1) is 10.6 Å². The monoisotopic (exact) mass is 326 g/mol. The van der Waals surface area contributed by atoms with Crippen LogP contribution in [0.25, 0.3) is 11.0 Å². The Morgan fingerprint density at radius 1 is 0.958 bits per heavy atom. The average Bonchev–Trinajstić information content (AvgIpc) is 3.11. The summed E-state index contributed by atoms with van der Waals surface area (Å²) in [5.74, 6) is 0. The van der Waals surface area contributed by atoms with Crippen LogP contribution in [0.15, 0.2) is 41.3 Å². The van der Waals surface area contributed by atoms with Crippen molar-refractivity contribution >= 4 is 28.1 Å². The number of aromatic nitrogens is 3. The van der Waals surface area contributed by atoms with Crippen LogP contribution in [0.3, 0.4) is 0 Å². The Morgan fingerprint density at radius 3 is 2.33 bits per heavy atom. The zero-order chi connectivity index (χ0) is 16.5. The van der Waals surface area contributed by atoms with Gasteiger partial charge in [-0.1, -0.05) is 0 Å². The van der Waals surface area contributed by atoms with Crippen molar-refractivity contribution in [3.63, 3.8) is 0 Å². The van der Waals surface area contributed by atoms with Gasteiger partial charge in [0.2, 0.25) is 5.52 Å². The van der Waals surface area contributed by atoms with Crippen LogP contribution < -0.4 is 9.80 Å². The second kappa shape index (κ2) is 5.76. The fourth-order valence-corrected chi connectivity index (χ4v) is 3.00. The molecule has 0 radical (unpaired) electrons. The summed E-state index contributed by atoms with van der Waals surface area (Å²) >= 11 is 0. The number of nitro groups is 1. The Labute approximate surface area is 136 Å². The van der Waals surface area contributed by atoms with Gasteiger partial charge in [0.25, 0.3) is 0 Å². The molecule has 4 rings (SSSR count). The Hall–Kier alpha value is -3.23. The lowest BCUT2D eigenvalue weighted by molar-refractivity contribution is -0.383. The van der Waals surface area contributed by atoms with E-state index in [4.69, 9.17) is 4.63 Å². The molecule has 0 aliphatic carbocycles. The summed E-state index contributed by atoms with van der Waals surface area (Å²) in [7, 11) is 0. The van der Waals surface area contributed by atoms with E-state index >= 15 is 0 Å². The van der Waals surface area contributed by atoms with Gasteiger partial charge < -0.3 is 9.80 Å². The van der Waals surface area contributed by atoms with Crippen LogP contribution in [0.5, 0.6) is 0 Å². The Morgan fingerprint density at radius 2 is 1.62 bits per heavy atom. The first-order valence-corrected chi connectivity index (χ1v) is 7.53. The summed E-state index contributed by atoms with van der Waals surface area (Å²) in [6, 6.07) is 7.15. The minimum Gasteiger partial charge on any atom is -0.368 e. The summed E-state index contributed by atoms with van der Waals surface area (Å²) in [5.41, 5.74) is 2.48. The molecule has 0 atom stereocenters. The van der Waals surface area contributed by atoms with E-state index in [9.17, 15) is 10.1 Å². The third-order valence-electron chi connectivity index (χ3n) is 4.22. The predicted molar refractivity (Wildman–Crippen MR) is 87.1 cm³/mol. The molecule has 0 bridgehead atoms. The number of hydrogen-bond acceptors (Lipinski definition) is 8. The van der Waals surface area contributed by atoms with E-state index in [2.05, 4.69) is 25.1 Å². The summed E-state index contributed by atoms with van der Waals surface area (Å²) in [5, 5.41) is 18.6. The lowest BCUT2D eigenvalue weighted by Gasteiger charge is -2.37. The van der Waals surface area contributed by atoms with Gasteiger partial charge in [0, 0.05) is 50.3 Å². The maximum Gasteiger partial charge on any atom is 0.300 e. The highest BCUT2D eigenvalue weighted by Gasteiger charge is 2.24. The number of piperazine rings is 1. The largest absolute Gasteiger partial charge is 0.368 e. The van der Waals surface area contributed by atoms with E-state index < -0.39 is 4.92 Å². The first kappa shape index (κ1) is 14.4. The minimum atomic E-state index is -0.475. The average molecular weight is 326 g/mol. The molecule has 0 N–H and O–H groups in total. The highest BCUT2D eigenvalue weighted by atomic mass is 16.6. The first-order valence-electron chi connectivity index (χ1n) is 7.53. The molecule has 0 saturated carbocycles. The first-order chi connectivity index (χ1) is 11.7. The smallest absolute Gasteiger partial charge is 0.300 e. The van der Waals surface area contributed by atoms with E-state index in [-0.39, 0.29) is 11.2 Å². The summed E-state index contributed by atoms with van der Waals surface area (Å²) in [6.45, 7) is 3.24. The molecule has 24 heavy (non-hydrogen) atoms.